The van der Waals surface area contributed by atoms with Crippen molar-refractivity contribution in [2.24, 2.45) is 0 Å². The van der Waals surface area contributed by atoms with E-state index in [9.17, 15) is 0 Å². The van der Waals surface area contributed by atoms with Crippen molar-refractivity contribution in [1.29, 1.82) is 0 Å². The first-order chi connectivity index (χ1) is 53.8. The molecule has 19 aromatic rings. The molecular weight excluding hydrogens is 1320 g/mol. The van der Waals surface area contributed by atoms with Crippen molar-refractivity contribution in [3.05, 3.63) is 481 Å². The Morgan fingerprint density at radius 2 is 0.382 bits per heavy atom. The molecule has 0 aliphatic carbocycles. The average Bonchev–Trinajstić information content (AvgIpc) is 0.746. The van der Waals surface area contributed by atoms with Gasteiger partial charge in [0.2, 0.25) is 0 Å². The van der Waals surface area contributed by atoms with E-state index in [4.69, 9.17) is 0 Å². The summed E-state index contributed by atoms with van der Waals surface area (Å²) in [5.74, 6) is 0. The molecule has 19 aromatic carbocycles. The van der Waals surface area contributed by atoms with Crippen LogP contribution in [0.3, 0.4) is 0 Å². The molecule has 110 heavy (non-hydrogen) atoms. The normalized spacial score (nSPS) is 10.4. The molecule has 19 rings (SSSR count). The van der Waals surface area contributed by atoms with Crippen LogP contribution in [0.5, 0.6) is 0 Å². The Balaban J connectivity index is 0.000000119. The molecule has 0 heterocycles. The van der Waals surface area contributed by atoms with Crippen molar-refractivity contribution < 1.29 is 0 Å². The average molecular weight is 1420 g/mol. The van der Waals surface area contributed by atoms with Crippen molar-refractivity contribution in [3.8, 4) is 55.6 Å². The van der Waals surface area contributed by atoms with Crippen LogP contribution in [-0.2, 0) is 0 Å². The summed E-state index contributed by atoms with van der Waals surface area (Å²) in [7, 11) is 0. The molecule has 0 N–H and O–H groups in total. The van der Waals surface area contributed by atoms with E-state index in [1.165, 1.54) is 165 Å². The standard InChI is InChI=1S/C19H14.C19H16.C17H14.2C13H12.2C11H10.C7H8/c1-13-10-11-18-16-8-3-2-6-14(16)15-7-4-5-9-17(15)19(18)12-13;1-15-12-18(16-8-4-2-5-9-16)14-19(13-15)17-10-6-3-7-11-17;1-13-7-8-17-12-16(10-9-15(17)11-13)14-5-3-2-4-6-14;1-11-6-5-9-13(10-11)12-7-3-2-4-8-12;1-11-7-9-13(10-8-11)12-5-3-2-4-6-12;1-9-5-4-7-10-6-2-3-8-11(9)10;1-9-6-7-10-4-2-3-5-11(10)8-9;1-7-5-3-2-4-6-7/h2-12H,1H3;2-14H,1H3;2-12H,1H3;2*2-10H,1H3;2*2-8H,1H3;2-6H,1H3. The second-order valence-electron chi connectivity index (χ2n) is 28.2. The maximum absolute atomic E-state index is 2.30. The van der Waals surface area contributed by atoms with Gasteiger partial charge in [-0.3, -0.25) is 0 Å². The number of benzene rings is 19. The van der Waals surface area contributed by atoms with Crippen LogP contribution in [0.2, 0.25) is 0 Å². The molecule has 0 radical (unpaired) electrons. The fourth-order valence-electron chi connectivity index (χ4n) is 13.6. The summed E-state index contributed by atoms with van der Waals surface area (Å²) in [6.45, 7) is 17.0. The summed E-state index contributed by atoms with van der Waals surface area (Å²) in [5, 5.41) is 16.0. The maximum atomic E-state index is 2.30. The second-order valence-corrected chi connectivity index (χ2v) is 28.2. The van der Waals surface area contributed by atoms with Gasteiger partial charge in [-0.05, 0) is 199 Å². The molecule has 0 aromatic heterocycles. The fraction of sp³-hybridized carbons (Fsp3) is 0.0727. The summed E-state index contributed by atoms with van der Waals surface area (Å²) in [6, 6.07) is 154. The van der Waals surface area contributed by atoms with Crippen LogP contribution in [0.15, 0.2) is 437 Å². The summed E-state index contributed by atoms with van der Waals surface area (Å²) in [4.78, 5) is 0. The minimum atomic E-state index is 1.27. The summed E-state index contributed by atoms with van der Waals surface area (Å²) in [5.41, 5.74) is 23.3. The molecule has 0 saturated carbocycles. The van der Waals surface area contributed by atoms with Gasteiger partial charge in [0.1, 0.15) is 0 Å². The van der Waals surface area contributed by atoms with E-state index in [1.807, 2.05) is 36.4 Å². The topological polar surface area (TPSA) is 0 Å². The summed E-state index contributed by atoms with van der Waals surface area (Å²) < 4.78 is 0. The molecular formula is C110H96. The zero-order chi connectivity index (χ0) is 76.2. The van der Waals surface area contributed by atoms with Crippen LogP contribution in [0, 0.1) is 55.4 Å². The highest BCUT2D eigenvalue weighted by Crippen LogP contribution is 2.36. The van der Waals surface area contributed by atoms with Crippen LogP contribution in [0.25, 0.3) is 120 Å². The Morgan fingerprint density at radius 3 is 0.864 bits per heavy atom. The third-order valence-electron chi connectivity index (χ3n) is 19.4. The van der Waals surface area contributed by atoms with Gasteiger partial charge >= 0.3 is 0 Å². The van der Waals surface area contributed by atoms with Crippen LogP contribution >= 0.6 is 0 Å². The zero-order valence-corrected chi connectivity index (χ0v) is 64.6. The molecule has 0 aliphatic rings. The largest absolute Gasteiger partial charge is 0.0622 e. The molecule has 0 nitrogen and oxygen atoms in total. The number of hydrogen-bond donors (Lipinski definition) is 0. The van der Waals surface area contributed by atoms with E-state index in [-0.39, 0.29) is 0 Å². The predicted octanol–water partition coefficient (Wildman–Crippen LogP) is 31.2. The highest BCUT2D eigenvalue weighted by atomic mass is 14.1. The second kappa shape index (κ2) is 38.8. The zero-order valence-electron chi connectivity index (χ0n) is 64.6. The number of fused-ring (bicyclic) bond motifs is 9. The molecule has 0 aliphatic heterocycles. The number of hydrogen-bond acceptors (Lipinski definition) is 0. The monoisotopic (exact) mass is 1420 g/mol. The van der Waals surface area contributed by atoms with Gasteiger partial charge < -0.3 is 0 Å². The Hall–Kier alpha value is -13.3. The van der Waals surface area contributed by atoms with Crippen LogP contribution in [0.4, 0.5) is 0 Å². The van der Waals surface area contributed by atoms with Crippen molar-refractivity contribution in [2.45, 2.75) is 55.4 Å². The summed E-state index contributed by atoms with van der Waals surface area (Å²) in [6.07, 6.45) is 0. The number of rotatable bonds is 5. The van der Waals surface area contributed by atoms with Crippen LogP contribution < -0.4 is 0 Å². The van der Waals surface area contributed by atoms with Gasteiger partial charge in [-0.2, -0.15) is 0 Å². The van der Waals surface area contributed by atoms with E-state index in [1.54, 1.807) is 0 Å². The quantitative estimate of drug-likeness (QED) is 0.151. The predicted molar refractivity (Wildman–Crippen MR) is 482 cm³/mol. The van der Waals surface area contributed by atoms with Crippen molar-refractivity contribution >= 4 is 64.6 Å². The fourth-order valence-corrected chi connectivity index (χ4v) is 13.6. The minimum absolute atomic E-state index is 1.27. The smallest absolute Gasteiger partial charge is 0.00963 e. The molecule has 0 spiro atoms. The lowest BCUT2D eigenvalue weighted by Gasteiger charge is -2.10. The van der Waals surface area contributed by atoms with Crippen molar-refractivity contribution in [2.75, 3.05) is 0 Å². The van der Waals surface area contributed by atoms with E-state index in [0.29, 0.717) is 0 Å². The molecule has 0 unspecified atom stereocenters. The lowest BCUT2D eigenvalue weighted by atomic mass is 9.93. The molecule has 0 bridgehead atoms. The first kappa shape index (κ1) is 76.4. The summed E-state index contributed by atoms with van der Waals surface area (Å²) >= 11 is 0. The van der Waals surface area contributed by atoms with Crippen molar-refractivity contribution in [3.63, 3.8) is 0 Å². The number of aryl methyl sites for hydroxylation is 8. The van der Waals surface area contributed by atoms with E-state index >= 15 is 0 Å². The third kappa shape index (κ3) is 21.5. The van der Waals surface area contributed by atoms with E-state index in [2.05, 4.69) is 456 Å². The van der Waals surface area contributed by atoms with Crippen molar-refractivity contribution in [1.82, 2.24) is 0 Å². The Morgan fingerprint density at radius 1 is 0.109 bits per heavy atom. The van der Waals surface area contributed by atoms with E-state index in [0.717, 1.165) is 0 Å². The van der Waals surface area contributed by atoms with Gasteiger partial charge in [0.25, 0.3) is 0 Å². The van der Waals surface area contributed by atoms with Gasteiger partial charge in [-0.25, -0.2) is 0 Å². The first-order valence-corrected chi connectivity index (χ1v) is 38.1. The third-order valence-corrected chi connectivity index (χ3v) is 19.4. The Bertz CT molecular complexity index is 5960. The lowest BCUT2D eigenvalue weighted by molar-refractivity contribution is 1.46. The SMILES string of the molecule is Cc1cc(-c2ccccc2)cc(-c2ccccc2)c1.Cc1ccc(-c2ccccc2)cc1.Cc1ccc2c3ccccc3c3ccccc3c2c1.Cc1ccc2cc(-c3ccccc3)ccc2c1.Cc1ccc2ccccc2c1.Cc1cccc(-c2ccccc2)c1.Cc1cccc2ccccc12.Cc1ccccc1. The van der Waals surface area contributed by atoms with Crippen LogP contribution in [0.1, 0.15) is 44.5 Å². The van der Waals surface area contributed by atoms with Crippen LogP contribution in [-0.4, -0.2) is 0 Å². The first-order valence-electron chi connectivity index (χ1n) is 38.1. The molecule has 0 fully saturated rings. The molecule has 0 amide bonds. The Kier molecular flexibility index (Phi) is 27.0. The maximum Gasteiger partial charge on any atom is -0.00963 e. The van der Waals surface area contributed by atoms with Gasteiger partial charge in [-0.15, -0.1) is 0 Å². The molecule has 0 atom stereocenters. The van der Waals surface area contributed by atoms with Gasteiger partial charge in [0, 0.05) is 0 Å². The van der Waals surface area contributed by atoms with Gasteiger partial charge in [0.05, 0.1) is 0 Å². The highest BCUT2D eigenvalue weighted by Gasteiger charge is 2.09. The molecule has 0 saturated heterocycles. The lowest BCUT2D eigenvalue weighted by Crippen LogP contribution is -1.84. The van der Waals surface area contributed by atoms with Gasteiger partial charge in [0.15, 0.2) is 0 Å². The molecule has 0 heteroatoms. The van der Waals surface area contributed by atoms with E-state index < -0.39 is 0 Å². The highest BCUT2D eigenvalue weighted by molar-refractivity contribution is 6.25. The minimum Gasteiger partial charge on any atom is -0.0622 e. The molecule has 536 valence electrons. The Labute approximate surface area is 652 Å². The van der Waals surface area contributed by atoms with Gasteiger partial charge in [-0.1, -0.05) is 458 Å².